The Kier molecular flexibility index (Phi) is 4.83. The molecule has 0 fully saturated rings. The summed E-state index contributed by atoms with van der Waals surface area (Å²) in [4.78, 5) is 20.8. The van der Waals surface area contributed by atoms with E-state index in [9.17, 15) is 4.79 Å². The van der Waals surface area contributed by atoms with Crippen molar-refractivity contribution in [3.63, 3.8) is 0 Å². The van der Waals surface area contributed by atoms with Gasteiger partial charge in [0.2, 0.25) is 0 Å². The van der Waals surface area contributed by atoms with Gasteiger partial charge < -0.3 is 10.6 Å². The maximum absolute atomic E-state index is 11.8. The summed E-state index contributed by atoms with van der Waals surface area (Å²) in [6.45, 7) is 2.07. The third-order valence-corrected chi connectivity index (χ3v) is 5.13. The van der Waals surface area contributed by atoms with Gasteiger partial charge in [-0.15, -0.1) is 0 Å². The fourth-order valence-electron chi connectivity index (χ4n) is 2.99. The molecule has 0 unspecified atom stereocenters. The lowest BCUT2D eigenvalue weighted by molar-refractivity contribution is 0.0962. The zero-order chi connectivity index (χ0) is 19.7. The summed E-state index contributed by atoms with van der Waals surface area (Å²) in [6.07, 6.45) is 5.48. The molecule has 0 aliphatic heterocycles. The van der Waals surface area contributed by atoms with Crippen LogP contribution in [-0.4, -0.2) is 27.3 Å². The fraction of sp³-hybridized carbons (Fsp3) is 0.0952. The molecule has 0 aliphatic carbocycles. The number of halogens is 1. The smallest absolute Gasteiger partial charge is 0.252 e. The van der Waals surface area contributed by atoms with Crippen molar-refractivity contribution >= 4 is 39.0 Å². The molecule has 6 nitrogen and oxygen atoms in total. The second-order valence-corrected chi connectivity index (χ2v) is 7.23. The molecular formula is C21H18BrN5O. The van der Waals surface area contributed by atoms with Crippen molar-refractivity contribution in [2.75, 3.05) is 12.4 Å². The van der Waals surface area contributed by atoms with Crippen LogP contribution in [0.2, 0.25) is 0 Å². The lowest BCUT2D eigenvalue weighted by atomic mass is 10.1. The first-order chi connectivity index (χ1) is 13.6. The number of hydrogen-bond acceptors (Lipinski definition) is 4. The van der Waals surface area contributed by atoms with Gasteiger partial charge in [-0.05, 0) is 41.1 Å². The van der Waals surface area contributed by atoms with E-state index in [0.717, 1.165) is 22.6 Å². The number of carbonyl (C=O) groups excluding carboxylic acids is 1. The van der Waals surface area contributed by atoms with E-state index in [1.54, 1.807) is 19.3 Å². The molecule has 7 heteroatoms. The van der Waals surface area contributed by atoms with Crippen molar-refractivity contribution < 1.29 is 4.79 Å². The number of imidazole rings is 1. The molecule has 0 aliphatic rings. The summed E-state index contributed by atoms with van der Waals surface area (Å²) in [7, 11) is 1.61. The number of hydrogen-bond donors (Lipinski definition) is 2. The minimum atomic E-state index is -0.144. The minimum absolute atomic E-state index is 0.144. The summed E-state index contributed by atoms with van der Waals surface area (Å²) in [5, 5.41) is 5.91. The van der Waals surface area contributed by atoms with E-state index >= 15 is 0 Å². The molecule has 1 amide bonds. The second-order valence-electron chi connectivity index (χ2n) is 6.38. The largest absolute Gasteiger partial charge is 0.355 e. The summed E-state index contributed by atoms with van der Waals surface area (Å²) in [6, 6.07) is 13.8. The summed E-state index contributed by atoms with van der Waals surface area (Å²) < 4.78 is 2.71. The number of nitrogens with zero attached hydrogens (tertiary/aromatic N) is 3. The summed E-state index contributed by atoms with van der Waals surface area (Å²) in [5.41, 5.74) is 5.41. The highest BCUT2D eigenvalue weighted by Gasteiger charge is 2.12. The maximum atomic E-state index is 11.8. The van der Waals surface area contributed by atoms with Crippen molar-refractivity contribution in [3.05, 3.63) is 76.7 Å². The van der Waals surface area contributed by atoms with E-state index < -0.39 is 0 Å². The van der Waals surface area contributed by atoms with Crippen LogP contribution in [0, 0.1) is 6.92 Å². The predicted molar refractivity (Wildman–Crippen MR) is 114 cm³/mol. The van der Waals surface area contributed by atoms with Crippen LogP contribution in [-0.2, 0) is 0 Å². The molecular weight excluding hydrogens is 418 g/mol. The monoisotopic (exact) mass is 435 g/mol. The topological polar surface area (TPSA) is 71.3 Å². The van der Waals surface area contributed by atoms with Crippen LogP contribution in [0.15, 0.2) is 65.5 Å². The molecule has 2 heterocycles. The molecule has 2 aromatic heterocycles. The Morgan fingerprint density at radius 3 is 2.61 bits per heavy atom. The average Bonchev–Trinajstić information content (AvgIpc) is 3.13. The van der Waals surface area contributed by atoms with Crippen LogP contribution >= 0.6 is 15.9 Å². The first-order valence-electron chi connectivity index (χ1n) is 8.74. The van der Waals surface area contributed by atoms with Crippen LogP contribution in [0.1, 0.15) is 15.9 Å². The van der Waals surface area contributed by atoms with Crippen LogP contribution in [0.25, 0.3) is 16.9 Å². The highest BCUT2D eigenvalue weighted by molar-refractivity contribution is 9.10. The second kappa shape index (κ2) is 7.44. The highest BCUT2D eigenvalue weighted by atomic mass is 79.9. The first-order valence-corrected chi connectivity index (χ1v) is 9.54. The van der Waals surface area contributed by atoms with E-state index in [1.807, 2.05) is 28.9 Å². The zero-order valence-electron chi connectivity index (χ0n) is 15.4. The van der Waals surface area contributed by atoms with Crippen molar-refractivity contribution in [1.82, 2.24) is 19.7 Å². The molecule has 4 aromatic rings. The standard InChI is InChI=1S/C21H18BrN5O/c1-13-3-5-14(6-4-13)18-12-25-20-19(24-9-10-27(18)20)26-15-7-8-16(17(22)11-15)21(28)23-2/h3-12H,1-2H3,(H,23,28)(H,24,26). The third-order valence-electron chi connectivity index (χ3n) is 4.48. The predicted octanol–water partition coefficient (Wildman–Crippen LogP) is 4.57. The lowest BCUT2D eigenvalue weighted by Gasteiger charge is -2.10. The molecule has 2 N–H and O–H groups in total. The Bertz CT molecular complexity index is 1170. The molecule has 0 radical (unpaired) electrons. The zero-order valence-corrected chi connectivity index (χ0v) is 17.0. The summed E-state index contributed by atoms with van der Waals surface area (Å²) >= 11 is 3.45. The molecule has 140 valence electrons. The Morgan fingerprint density at radius 1 is 1.11 bits per heavy atom. The Labute approximate surface area is 170 Å². The van der Waals surface area contributed by atoms with Gasteiger partial charge in [0.25, 0.3) is 5.91 Å². The number of anilines is 2. The SMILES string of the molecule is CNC(=O)c1ccc(Nc2nccn3c(-c4ccc(C)cc4)cnc23)cc1Br. The van der Waals surface area contributed by atoms with E-state index in [4.69, 9.17) is 0 Å². The van der Waals surface area contributed by atoms with Gasteiger partial charge in [-0.1, -0.05) is 29.8 Å². The molecule has 0 atom stereocenters. The molecule has 2 aromatic carbocycles. The van der Waals surface area contributed by atoms with Crippen LogP contribution < -0.4 is 10.6 Å². The Morgan fingerprint density at radius 2 is 1.89 bits per heavy atom. The van der Waals surface area contributed by atoms with Gasteiger partial charge >= 0.3 is 0 Å². The van der Waals surface area contributed by atoms with Crippen LogP contribution in [0.4, 0.5) is 11.5 Å². The van der Waals surface area contributed by atoms with E-state index in [-0.39, 0.29) is 5.91 Å². The van der Waals surface area contributed by atoms with Gasteiger partial charge in [0.15, 0.2) is 11.5 Å². The average molecular weight is 436 g/mol. The normalized spacial score (nSPS) is 10.8. The number of benzene rings is 2. The number of fused-ring (bicyclic) bond motifs is 1. The van der Waals surface area contributed by atoms with Crippen molar-refractivity contribution in [3.8, 4) is 11.3 Å². The van der Waals surface area contributed by atoms with Crippen molar-refractivity contribution in [2.45, 2.75) is 6.92 Å². The van der Waals surface area contributed by atoms with Gasteiger partial charge in [-0.25, -0.2) is 9.97 Å². The quantitative estimate of drug-likeness (QED) is 0.492. The Hall–Kier alpha value is -3.19. The minimum Gasteiger partial charge on any atom is -0.355 e. The molecule has 0 spiro atoms. The Balaban J connectivity index is 1.70. The van der Waals surface area contributed by atoms with E-state index in [1.165, 1.54) is 5.56 Å². The number of aromatic nitrogens is 3. The fourth-order valence-corrected chi connectivity index (χ4v) is 3.55. The van der Waals surface area contributed by atoms with Gasteiger partial charge in [0.1, 0.15) is 0 Å². The van der Waals surface area contributed by atoms with E-state index in [2.05, 4.69) is 67.7 Å². The van der Waals surface area contributed by atoms with E-state index in [0.29, 0.717) is 15.9 Å². The molecule has 0 bridgehead atoms. The van der Waals surface area contributed by atoms with Crippen LogP contribution in [0.3, 0.4) is 0 Å². The maximum Gasteiger partial charge on any atom is 0.252 e. The lowest BCUT2D eigenvalue weighted by Crippen LogP contribution is -2.18. The third kappa shape index (κ3) is 3.36. The van der Waals surface area contributed by atoms with Gasteiger partial charge in [0.05, 0.1) is 17.5 Å². The van der Waals surface area contributed by atoms with Crippen molar-refractivity contribution in [2.24, 2.45) is 0 Å². The molecule has 4 rings (SSSR count). The number of carbonyl (C=O) groups is 1. The molecule has 0 saturated heterocycles. The van der Waals surface area contributed by atoms with Crippen LogP contribution in [0.5, 0.6) is 0 Å². The van der Waals surface area contributed by atoms with Crippen molar-refractivity contribution in [1.29, 1.82) is 0 Å². The van der Waals surface area contributed by atoms with Gasteiger partial charge in [-0.3, -0.25) is 9.20 Å². The number of amides is 1. The molecule has 0 saturated carbocycles. The molecule has 28 heavy (non-hydrogen) atoms. The first kappa shape index (κ1) is 18.2. The van der Waals surface area contributed by atoms with Gasteiger partial charge in [-0.2, -0.15) is 0 Å². The van der Waals surface area contributed by atoms with Gasteiger partial charge in [0, 0.05) is 35.2 Å². The number of aryl methyl sites for hydroxylation is 1. The summed E-state index contributed by atoms with van der Waals surface area (Å²) in [5.74, 6) is 0.495. The highest BCUT2D eigenvalue weighted by Crippen LogP contribution is 2.27. The number of nitrogens with one attached hydrogen (secondary N) is 2. The number of rotatable bonds is 4.